The van der Waals surface area contributed by atoms with Gasteiger partial charge in [0, 0.05) is 6.07 Å². The maximum absolute atomic E-state index is 11.8. The molecule has 7 nitrogen and oxygen atoms in total. The Hall–Kier alpha value is -2.44. The number of esters is 1. The van der Waals surface area contributed by atoms with Gasteiger partial charge in [0.1, 0.15) is 28.8 Å². The second-order valence-electron chi connectivity index (χ2n) is 6.30. The third-order valence-corrected chi connectivity index (χ3v) is 3.18. The van der Waals surface area contributed by atoms with E-state index in [1.165, 1.54) is 19.2 Å². The molecule has 2 rings (SSSR count). The molecule has 7 heteroatoms. The normalized spacial score (nSPS) is 14.9. The number of ether oxygens (including phenoxy) is 3. The molecule has 0 bridgehead atoms. The summed E-state index contributed by atoms with van der Waals surface area (Å²) in [5, 5.41) is 9.80. The summed E-state index contributed by atoms with van der Waals surface area (Å²) in [6, 6.07) is 4.35. The predicted octanol–water partition coefficient (Wildman–Crippen LogP) is 2.18. The first-order valence-electron chi connectivity index (χ1n) is 7.25. The highest BCUT2D eigenvalue weighted by Gasteiger charge is 2.35. The standard InChI is InChI=1S/C16H21NO6/c1-16(2,3)23-15(20)17-8-11(9-17)22-10-5-6-12(13(18)7-10)14(19)21-4/h5-7,11,18H,8-9H2,1-4H3. The third-order valence-electron chi connectivity index (χ3n) is 3.18. The number of hydrogen-bond acceptors (Lipinski definition) is 6. The van der Waals surface area contributed by atoms with Crippen molar-refractivity contribution in [2.45, 2.75) is 32.5 Å². The molecule has 1 saturated heterocycles. The van der Waals surface area contributed by atoms with E-state index in [9.17, 15) is 14.7 Å². The first-order valence-corrected chi connectivity index (χ1v) is 7.25. The Kier molecular flexibility index (Phi) is 4.68. The minimum atomic E-state index is -0.617. The number of amides is 1. The van der Waals surface area contributed by atoms with E-state index >= 15 is 0 Å². The van der Waals surface area contributed by atoms with Gasteiger partial charge in [-0.1, -0.05) is 0 Å². The number of carbonyl (C=O) groups excluding carboxylic acids is 2. The van der Waals surface area contributed by atoms with E-state index in [0.29, 0.717) is 18.8 Å². The van der Waals surface area contributed by atoms with Crippen molar-refractivity contribution in [1.82, 2.24) is 4.90 Å². The van der Waals surface area contributed by atoms with Crippen molar-refractivity contribution >= 4 is 12.1 Å². The van der Waals surface area contributed by atoms with Gasteiger partial charge < -0.3 is 24.2 Å². The van der Waals surface area contributed by atoms with E-state index in [-0.39, 0.29) is 23.5 Å². The Labute approximate surface area is 134 Å². The zero-order valence-corrected chi connectivity index (χ0v) is 13.7. The first kappa shape index (κ1) is 16.9. The van der Waals surface area contributed by atoms with Crippen LogP contribution in [-0.2, 0) is 9.47 Å². The number of benzene rings is 1. The van der Waals surface area contributed by atoms with Gasteiger partial charge in [0.2, 0.25) is 0 Å². The lowest BCUT2D eigenvalue weighted by Gasteiger charge is -2.39. The molecule has 0 atom stereocenters. The molecule has 0 aliphatic carbocycles. The first-order chi connectivity index (χ1) is 10.7. The smallest absolute Gasteiger partial charge is 0.410 e. The Morgan fingerprint density at radius 1 is 1.26 bits per heavy atom. The van der Waals surface area contributed by atoms with Crippen LogP contribution in [0.4, 0.5) is 4.79 Å². The molecule has 1 aromatic carbocycles. The number of carbonyl (C=O) groups is 2. The maximum atomic E-state index is 11.8. The van der Waals surface area contributed by atoms with Gasteiger partial charge in [-0.2, -0.15) is 0 Å². The Morgan fingerprint density at radius 3 is 2.43 bits per heavy atom. The lowest BCUT2D eigenvalue weighted by Crippen LogP contribution is -2.57. The second kappa shape index (κ2) is 6.36. The average Bonchev–Trinajstić information content (AvgIpc) is 2.39. The number of hydrogen-bond donors (Lipinski definition) is 1. The molecule has 0 saturated carbocycles. The summed E-state index contributed by atoms with van der Waals surface area (Å²) >= 11 is 0. The number of nitrogens with zero attached hydrogens (tertiary/aromatic N) is 1. The van der Waals surface area contributed by atoms with Crippen molar-refractivity contribution in [1.29, 1.82) is 0 Å². The van der Waals surface area contributed by atoms with E-state index < -0.39 is 11.6 Å². The van der Waals surface area contributed by atoms with Crippen LogP contribution in [0.15, 0.2) is 18.2 Å². The highest BCUT2D eigenvalue weighted by atomic mass is 16.6. The number of phenolic OH excluding ortho intramolecular Hbond substituents is 1. The van der Waals surface area contributed by atoms with Crippen LogP contribution in [0.25, 0.3) is 0 Å². The number of likely N-dealkylation sites (tertiary alicyclic amines) is 1. The topological polar surface area (TPSA) is 85.3 Å². The van der Waals surface area contributed by atoms with Crippen LogP contribution in [0.3, 0.4) is 0 Å². The molecule has 0 spiro atoms. The summed E-state index contributed by atoms with van der Waals surface area (Å²) in [5.41, 5.74) is -0.456. The molecular formula is C16H21NO6. The minimum absolute atomic E-state index is 0.0730. The van der Waals surface area contributed by atoms with Gasteiger partial charge in [-0.3, -0.25) is 0 Å². The molecule has 1 aliphatic heterocycles. The Balaban J connectivity index is 1.87. The number of phenols is 1. The fourth-order valence-corrected chi connectivity index (χ4v) is 2.05. The van der Waals surface area contributed by atoms with Gasteiger partial charge in [0.15, 0.2) is 0 Å². The van der Waals surface area contributed by atoms with Gasteiger partial charge in [0.25, 0.3) is 0 Å². The summed E-state index contributed by atoms with van der Waals surface area (Å²) in [6.45, 7) is 6.25. The number of rotatable bonds is 3. The van der Waals surface area contributed by atoms with Crippen molar-refractivity contribution in [2.24, 2.45) is 0 Å². The van der Waals surface area contributed by atoms with Gasteiger partial charge >= 0.3 is 12.1 Å². The summed E-state index contributed by atoms with van der Waals surface area (Å²) in [4.78, 5) is 24.7. The van der Waals surface area contributed by atoms with Crippen LogP contribution < -0.4 is 4.74 Å². The molecule has 1 aromatic rings. The molecule has 1 N–H and O–H groups in total. The number of aromatic hydroxyl groups is 1. The third kappa shape index (κ3) is 4.28. The summed E-state index contributed by atoms with van der Waals surface area (Å²) in [7, 11) is 1.24. The fourth-order valence-electron chi connectivity index (χ4n) is 2.05. The van der Waals surface area contributed by atoms with Gasteiger partial charge in [-0.15, -0.1) is 0 Å². The summed E-state index contributed by atoms with van der Waals surface area (Å²) in [5.74, 6) is -0.407. The van der Waals surface area contributed by atoms with Gasteiger partial charge in [-0.05, 0) is 32.9 Å². The lowest BCUT2D eigenvalue weighted by molar-refractivity contribution is -0.0222. The molecule has 1 aliphatic rings. The quantitative estimate of drug-likeness (QED) is 0.858. The van der Waals surface area contributed by atoms with Crippen molar-refractivity contribution in [3.8, 4) is 11.5 Å². The van der Waals surface area contributed by atoms with E-state index in [2.05, 4.69) is 4.74 Å². The van der Waals surface area contributed by atoms with Crippen LogP contribution in [0, 0.1) is 0 Å². The largest absolute Gasteiger partial charge is 0.507 e. The SMILES string of the molecule is COC(=O)c1ccc(OC2CN(C(=O)OC(C)(C)C)C2)cc1O. The van der Waals surface area contributed by atoms with Crippen LogP contribution >= 0.6 is 0 Å². The molecule has 0 radical (unpaired) electrons. The monoisotopic (exact) mass is 323 g/mol. The molecular weight excluding hydrogens is 302 g/mol. The Morgan fingerprint density at radius 2 is 1.91 bits per heavy atom. The van der Waals surface area contributed by atoms with Crippen LogP contribution in [0.1, 0.15) is 31.1 Å². The van der Waals surface area contributed by atoms with E-state index in [4.69, 9.17) is 9.47 Å². The highest BCUT2D eigenvalue weighted by molar-refractivity contribution is 5.92. The molecule has 126 valence electrons. The molecule has 1 heterocycles. The van der Waals surface area contributed by atoms with E-state index in [1.807, 2.05) is 20.8 Å². The zero-order valence-electron chi connectivity index (χ0n) is 13.7. The second-order valence-corrected chi connectivity index (χ2v) is 6.30. The summed E-state index contributed by atoms with van der Waals surface area (Å²) in [6.07, 6.45) is -0.549. The van der Waals surface area contributed by atoms with Crippen LogP contribution in [-0.4, -0.2) is 54.0 Å². The summed E-state index contributed by atoms with van der Waals surface area (Å²) < 4.78 is 15.5. The molecule has 1 fully saturated rings. The van der Waals surface area contributed by atoms with E-state index in [0.717, 1.165) is 0 Å². The predicted molar refractivity (Wildman–Crippen MR) is 81.7 cm³/mol. The van der Waals surface area contributed by atoms with Gasteiger partial charge in [-0.25, -0.2) is 9.59 Å². The lowest BCUT2D eigenvalue weighted by atomic mass is 10.1. The molecule has 0 aromatic heterocycles. The van der Waals surface area contributed by atoms with Crippen molar-refractivity contribution in [3.63, 3.8) is 0 Å². The Bertz CT molecular complexity index is 601. The van der Waals surface area contributed by atoms with Crippen molar-refractivity contribution < 1.29 is 28.9 Å². The van der Waals surface area contributed by atoms with Crippen molar-refractivity contribution in [3.05, 3.63) is 23.8 Å². The van der Waals surface area contributed by atoms with E-state index in [1.54, 1.807) is 11.0 Å². The number of methoxy groups -OCH3 is 1. The van der Waals surface area contributed by atoms with Crippen LogP contribution in [0.5, 0.6) is 11.5 Å². The minimum Gasteiger partial charge on any atom is -0.507 e. The average molecular weight is 323 g/mol. The maximum Gasteiger partial charge on any atom is 0.410 e. The fraction of sp³-hybridized carbons (Fsp3) is 0.500. The molecule has 1 amide bonds. The molecule has 0 unspecified atom stereocenters. The zero-order chi connectivity index (χ0) is 17.2. The molecule has 23 heavy (non-hydrogen) atoms. The van der Waals surface area contributed by atoms with Crippen molar-refractivity contribution in [2.75, 3.05) is 20.2 Å². The highest BCUT2D eigenvalue weighted by Crippen LogP contribution is 2.26. The van der Waals surface area contributed by atoms with Crippen LogP contribution in [0.2, 0.25) is 0 Å². The van der Waals surface area contributed by atoms with Gasteiger partial charge in [0.05, 0.1) is 20.2 Å².